The van der Waals surface area contributed by atoms with E-state index in [0.717, 1.165) is 67.6 Å². The fourth-order valence-corrected chi connectivity index (χ4v) is 11.1. The Bertz CT molecular complexity index is 3130. The molecule has 4 N–H and O–H groups in total. The van der Waals surface area contributed by atoms with Crippen LogP contribution in [0.15, 0.2) is 163 Å². The molecule has 3 fully saturated rings. The lowest BCUT2D eigenvalue weighted by Gasteiger charge is -2.54. The van der Waals surface area contributed by atoms with Crippen LogP contribution in [0.2, 0.25) is 0 Å². The number of hydrogen-bond acceptors (Lipinski definition) is 10. The van der Waals surface area contributed by atoms with E-state index in [-0.39, 0.29) is 47.7 Å². The molecule has 3 aliphatic heterocycles. The van der Waals surface area contributed by atoms with Gasteiger partial charge in [-0.2, -0.15) is 0 Å². The number of aliphatic hydroxyl groups is 1. The van der Waals surface area contributed by atoms with Crippen molar-refractivity contribution in [2.75, 3.05) is 59.0 Å². The van der Waals surface area contributed by atoms with E-state index in [2.05, 4.69) is 39.5 Å². The monoisotopic (exact) mass is 1010 g/mol. The largest absolute Gasteiger partial charge is 0.506 e. The van der Waals surface area contributed by atoms with Gasteiger partial charge in [0.1, 0.15) is 24.0 Å². The van der Waals surface area contributed by atoms with Crippen LogP contribution in [0.4, 0.5) is 0 Å². The SMILES string of the molecule is O=C(OCC1CCN(Cc2ccccc2)CC1)C(c1ccccc1)c1cccc(OCc2ccc(C(=O)N3CC4(CCCN(C(=O)c5ccc(CCNC[C@H](O)c6ccc(O)c7[nH]c(=O)ccc67)cc5)C4)C3)cc2)c1. The number of phenolic OH excluding ortho intramolecular Hbond substituents is 1. The summed E-state index contributed by atoms with van der Waals surface area (Å²) in [5.41, 5.74) is 6.65. The zero-order valence-electron chi connectivity index (χ0n) is 42.2. The van der Waals surface area contributed by atoms with Crippen molar-refractivity contribution in [2.45, 2.75) is 57.3 Å². The quantitative estimate of drug-likeness (QED) is 0.0483. The summed E-state index contributed by atoms with van der Waals surface area (Å²) in [7, 11) is 0. The van der Waals surface area contributed by atoms with Gasteiger partial charge >= 0.3 is 5.97 Å². The summed E-state index contributed by atoms with van der Waals surface area (Å²) in [6, 6.07) is 49.3. The number of fused-ring (bicyclic) bond motifs is 1. The summed E-state index contributed by atoms with van der Waals surface area (Å²) in [5, 5.41) is 25.0. The fraction of sp³-hybridized carbons (Fsp3) is 0.323. The predicted molar refractivity (Wildman–Crippen MR) is 289 cm³/mol. The Morgan fingerprint density at radius 2 is 1.37 bits per heavy atom. The van der Waals surface area contributed by atoms with Gasteiger partial charge in [-0.1, -0.05) is 103 Å². The summed E-state index contributed by atoms with van der Waals surface area (Å²) in [6.45, 7) is 6.97. The first kappa shape index (κ1) is 50.9. The molecule has 0 bridgehead atoms. The van der Waals surface area contributed by atoms with Crippen molar-refractivity contribution in [3.8, 4) is 11.5 Å². The third-order valence-corrected chi connectivity index (χ3v) is 15.3. The highest BCUT2D eigenvalue weighted by Gasteiger charge is 2.48. The zero-order valence-corrected chi connectivity index (χ0v) is 42.2. The zero-order chi connectivity index (χ0) is 51.7. The molecule has 0 radical (unpaired) electrons. The Kier molecular flexibility index (Phi) is 15.8. The van der Waals surface area contributed by atoms with Crippen LogP contribution in [0.3, 0.4) is 0 Å². The molecule has 1 unspecified atom stereocenters. The van der Waals surface area contributed by atoms with Gasteiger partial charge < -0.3 is 39.8 Å². The number of amides is 2. The molecule has 2 amide bonds. The van der Waals surface area contributed by atoms with E-state index in [4.69, 9.17) is 9.47 Å². The summed E-state index contributed by atoms with van der Waals surface area (Å²) in [6.07, 6.45) is 3.67. The summed E-state index contributed by atoms with van der Waals surface area (Å²) in [4.78, 5) is 62.0. The third kappa shape index (κ3) is 12.3. The molecule has 75 heavy (non-hydrogen) atoms. The number of benzene rings is 6. The van der Waals surface area contributed by atoms with E-state index in [9.17, 15) is 29.4 Å². The van der Waals surface area contributed by atoms with Crippen LogP contribution in [0.1, 0.15) is 91.8 Å². The van der Waals surface area contributed by atoms with Crippen LogP contribution in [0.5, 0.6) is 11.5 Å². The van der Waals surface area contributed by atoms with E-state index in [1.165, 1.54) is 17.7 Å². The minimum absolute atomic E-state index is 0.00551. The maximum absolute atomic E-state index is 13.9. The van der Waals surface area contributed by atoms with Crippen LogP contribution in [0, 0.1) is 11.3 Å². The average molecular weight is 1010 g/mol. The number of aromatic amines is 1. The summed E-state index contributed by atoms with van der Waals surface area (Å²) < 4.78 is 12.4. The van der Waals surface area contributed by atoms with E-state index in [0.29, 0.717) is 85.0 Å². The number of piperidine rings is 2. The molecule has 3 saturated heterocycles. The van der Waals surface area contributed by atoms with Crippen molar-refractivity contribution in [1.82, 2.24) is 25.0 Å². The molecular weight excluding hydrogens is 943 g/mol. The minimum atomic E-state index is -0.847. The highest BCUT2D eigenvalue weighted by atomic mass is 16.5. The van der Waals surface area contributed by atoms with E-state index in [1.54, 1.807) is 12.1 Å². The molecule has 0 aliphatic carbocycles. The van der Waals surface area contributed by atoms with Crippen molar-refractivity contribution < 1.29 is 34.1 Å². The van der Waals surface area contributed by atoms with Gasteiger partial charge in [0.25, 0.3) is 11.8 Å². The molecule has 13 heteroatoms. The number of pyridine rings is 1. The lowest BCUT2D eigenvalue weighted by molar-refractivity contribution is -0.146. The smallest absolute Gasteiger partial charge is 0.317 e. The first-order valence-electron chi connectivity index (χ1n) is 26.3. The van der Waals surface area contributed by atoms with Crippen molar-refractivity contribution in [1.29, 1.82) is 0 Å². The van der Waals surface area contributed by atoms with Crippen molar-refractivity contribution in [3.63, 3.8) is 0 Å². The van der Waals surface area contributed by atoms with Crippen molar-refractivity contribution in [3.05, 3.63) is 213 Å². The second kappa shape index (κ2) is 23.3. The Hall–Kier alpha value is -7.58. The summed E-state index contributed by atoms with van der Waals surface area (Å²) >= 11 is 0. The maximum Gasteiger partial charge on any atom is 0.317 e. The number of phenols is 1. The van der Waals surface area contributed by atoms with Crippen LogP contribution < -0.4 is 15.6 Å². The van der Waals surface area contributed by atoms with Crippen LogP contribution in [-0.2, 0) is 29.1 Å². The van der Waals surface area contributed by atoms with Gasteiger partial charge in [-0.05, 0) is 140 Å². The van der Waals surface area contributed by atoms with Gasteiger partial charge in [-0.3, -0.25) is 24.1 Å². The lowest BCUT2D eigenvalue weighted by Crippen LogP contribution is -2.64. The number of nitrogens with one attached hydrogen (secondary N) is 2. The number of hydrogen-bond donors (Lipinski definition) is 4. The molecule has 2 atom stereocenters. The number of H-pyrrole nitrogens is 1. The molecule has 7 aromatic rings. The van der Waals surface area contributed by atoms with Gasteiger partial charge in [-0.15, -0.1) is 0 Å². The van der Waals surface area contributed by atoms with Gasteiger partial charge in [0.2, 0.25) is 5.56 Å². The Morgan fingerprint density at radius 3 is 2.11 bits per heavy atom. The van der Waals surface area contributed by atoms with Crippen LogP contribution in [-0.4, -0.2) is 107 Å². The van der Waals surface area contributed by atoms with E-state index in [1.807, 2.05) is 119 Å². The molecule has 4 heterocycles. The number of esters is 1. The Labute approximate surface area is 437 Å². The number of ether oxygens (including phenoxy) is 2. The molecular formula is C62H65N5O8. The lowest BCUT2D eigenvalue weighted by atomic mass is 9.73. The van der Waals surface area contributed by atoms with Crippen LogP contribution in [0.25, 0.3) is 10.9 Å². The van der Waals surface area contributed by atoms with Gasteiger partial charge in [0, 0.05) is 67.3 Å². The highest BCUT2D eigenvalue weighted by molar-refractivity contribution is 5.96. The average Bonchev–Trinajstić information content (AvgIpc) is 3.44. The third-order valence-electron chi connectivity index (χ3n) is 15.3. The predicted octanol–water partition coefficient (Wildman–Crippen LogP) is 8.64. The number of rotatable bonds is 18. The highest BCUT2D eigenvalue weighted by Crippen LogP contribution is 2.40. The molecule has 1 spiro atoms. The Balaban J connectivity index is 0.668. The fourth-order valence-electron chi connectivity index (χ4n) is 11.1. The second-order valence-electron chi connectivity index (χ2n) is 20.7. The molecule has 13 nitrogen and oxygen atoms in total. The second-order valence-corrected chi connectivity index (χ2v) is 20.7. The summed E-state index contributed by atoms with van der Waals surface area (Å²) in [5.74, 6) is 0.0176. The standard InChI is InChI=1S/C62H65N5O8/c68-54-25-23-52(53-24-26-56(70)64-58(53)54)55(69)36-63-31-27-43-15-19-48(20-16-43)59(71)66-32-8-30-62(40-66)41-67(42-62)60(72)49-21-17-45(18-22-49)38-74-51-14-7-13-50(35-51)57(47-11-5-2-6-12-47)61(73)75-39-46-28-33-65(34-29-46)37-44-9-3-1-4-10-44/h1-7,9-26,35,46,55,57,63,68-69H,8,27-34,36-42H2,(H,64,70)/t55-,57?/m0/s1. The molecule has 386 valence electrons. The number of carbonyl (C=O) groups is 3. The van der Waals surface area contributed by atoms with Gasteiger partial charge in [0.15, 0.2) is 0 Å². The van der Waals surface area contributed by atoms with E-state index >= 15 is 0 Å². The number of aromatic hydroxyl groups is 1. The number of aliphatic hydroxyl groups excluding tert-OH is 1. The van der Waals surface area contributed by atoms with Crippen LogP contribution >= 0.6 is 0 Å². The minimum Gasteiger partial charge on any atom is -0.506 e. The topological polar surface area (TPSA) is 165 Å². The molecule has 0 saturated carbocycles. The molecule has 1 aromatic heterocycles. The number of aromatic nitrogens is 1. The maximum atomic E-state index is 13.9. The Morgan fingerprint density at radius 1 is 0.707 bits per heavy atom. The van der Waals surface area contributed by atoms with Gasteiger partial charge in [0.05, 0.1) is 18.2 Å². The van der Waals surface area contributed by atoms with Crippen molar-refractivity contribution >= 4 is 28.7 Å². The molecule has 3 aliphatic rings. The first-order valence-corrected chi connectivity index (χ1v) is 26.3. The number of nitrogens with zero attached hydrogens (tertiary/aromatic N) is 3. The van der Waals surface area contributed by atoms with E-state index < -0.39 is 12.0 Å². The normalized spacial score (nSPS) is 16.5. The van der Waals surface area contributed by atoms with Gasteiger partial charge in [-0.25, -0.2) is 0 Å². The molecule has 6 aromatic carbocycles. The number of carbonyl (C=O) groups excluding carboxylic acids is 3. The molecule has 10 rings (SSSR count). The van der Waals surface area contributed by atoms with Crippen molar-refractivity contribution in [2.24, 2.45) is 11.3 Å². The number of likely N-dealkylation sites (tertiary alicyclic amines) is 3. The first-order chi connectivity index (χ1) is 36.6.